The van der Waals surface area contributed by atoms with Crippen LogP contribution in [0.5, 0.6) is 0 Å². The first-order chi connectivity index (χ1) is 6.50. The predicted molar refractivity (Wildman–Crippen MR) is 51.7 cm³/mol. The second-order valence-electron chi connectivity index (χ2n) is 4.46. The lowest BCUT2D eigenvalue weighted by molar-refractivity contribution is 0.0605. The van der Waals surface area contributed by atoms with Gasteiger partial charge in [-0.25, -0.2) is 9.97 Å². The summed E-state index contributed by atoms with van der Waals surface area (Å²) < 4.78 is 0. The van der Waals surface area contributed by atoms with E-state index < -0.39 is 0 Å². The van der Waals surface area contributed by atoms with Crippen molar-refractivity contribution in [2.45, 2.75) is 32.9 Å². The van der Waals surface area contributed by atoms with Crippen LogP contribution in [-0.2, 0) is 6.54 Å². The highest BCUT2D eigenvalue weighted by Crippen LogP contribution is 2.26. The summed E-state index contributed by atoms with van der Waals surface area (Å²) in [5, 5.41) is 0. The van der Waals surface area contributed by atoms with Gasteiger partial charge in [0.2, 0.25) is 0 Å². The molecule has 0 saturated heterocycles. The number of amides is 1. The van der Waals surface area contributed by atoms with Gasteiger partial charge in [-0.2, -0.15) is 0 Å². The van der Waals surface area contributed by atoms with Gasteiger partial charge >= 0.3 is 0 Å². The fourth-order valence-electron chi connectivity index (χ4n) is 1.58. The second kappa shape index (κ2) is 2.77. The van der Waals surface area contributed by atoms with Gasteiger partial charge in [-0.3, -0.25) is 4.79 Å². The molecule has 0 atom stereocenters. The third-order valence-electron chi connectivity index (χ3n) is 2.37. The van der Waals surface area contributed by atoms with Gasteiger partial charge in [-0.15, -0.1) is 0 Å². The molecule has 0 saturated carbocycles. The normalized spacial score (nSPS) is 15.9. The number of hydrogen-bond acceptors (Lipinski definition) is 3. The molecular weight excluding hydrogens is 178 g/mol. The Balaban J connectivity index is 2.40. The Hall–Kier alpha value is -1.45. The lowest BCUT2D eigenvalue weighted by Crippen LogP contribution is -2.41. The maximum absolute atomic E-state index is 11.9. The van der Waals surface area contributed by atoms with Crippen molar-refractivity contribution in [2.75, 3.05) is 0 Å². The van der Waals surface area contributed by atoms with Crippen molar-refractivity contribution in [2.24, 2.45) is 0 Å². The van der Waals surface area contributed by atoms with Crippen LogP contribution >= 0.6 is 0 Å². The number of rotatable bonds is 0. The number of aromatic nitrogens is 2. The van der Waals surface area contributed by atoms with Crippen LogP contribution in [-0.4, -0.2) is 26.3 Å². The van der Waals surface area contributed by atoms with E-state index in [0.717, 1.165) is 5.56 Å². The molecular formula is C10H13N3O. The first kappa shape index (κ1) is 9.12. The average Bonchev–Trinajstić information content (AvgIpc) is 2.44. The third-order valence-corrected chi connectivity index (χ3v) is 2.37. The summed E-state index contributed by atoms with van der Waals surface area (Å²) in [6, 6.07) is 0. The van der Waals surface area contributed by atoms with Crippen molar-refractivity contribution in [1.29, 1.82) is 0 Å². The standard InChI is InChI=1S/C10H13N3O/c1-10(2,3)13-5-7-4-11-6-12-8(7)9(13)14/h4,6H,5H2,1-3H3. The zero-order chi connectivity index (χ0) is 10.3. The molecule has 0 N–H and O–H groups in total. The van der Waals surface area contributed by atoms with E-state index in [1.165, 1.54) is 6.33 Å². The van der Waals surface area contributed by atoms with Gasteiger partial charge in [0.1, 0.15) is 12.0 Å². The Morgan fingerprint density at radius 3 is 2.71 bits per heavy atom. The minimum absolute atomic E-state index is 0.00917. The SMILES string of the molecule is CC(C)(C)N1Cc2cncnc2C1=O. The molecule has 4 nitrogen and oxygen atoms in total. The molecule has 0 fully saturated rings. The molecule has 2 rings (SSSR count). The molecule has 1 amide bonds. The summed E-state index contributed by atoms with van der Waals surface area (Å²) in [5.41, 5.74) is 1.32. The Morgan fingerprint density at radius 2 is 2.14 bits per heavy atom. The summed E-state index contributed by atoms with van der Waals surface area (Å²) in [4.78, 5) is 21.6. The Bertz CT molecular complexity index is 381. The molecule has 0 aromatic carbocycles. The molecule has 0 bridgehead atoms. The van der Waals surface area contributed by atoms with Crippen molar-refractivity contribution >= 4 is 5.91 Å². The molecule has 0 spiro atoms. The molecule has 1 aromatic heterocycles. The molecule has 1 aliphatic heterocycles. The maximum atomic E-state index is 11.9. The minimum atomic E-state index is -0.155. The minimum Gasteiger partial charge on any atom is -0.328 e. The number of fused-ring (bicyclic) bond motifs is 1. The van der Waals surface area contributed by atoms with Crippen LogP contribution in [0.2, 0.25) is 0 Å². The van der Waals surface area contributed by atoms with Crippen LogP contribution in [0.4, 0.5) is 0 Å². The van der Waals surface area contributed by atoms with E-state index in [1.807, 2.05) is 25.7 Å². The van der Waals surface area contributed by atoms with E-state index in [-0.39, 0.29) is 11.4 Å². The molecule has 1 aliphatic rings. The summed E-state index contributed by atoms with van der Waals surface area (Å²) in [5.74, 6) is 0.00917. The zero-order valence-corrected chi connectivity index (χ0v) is 8.61. The Labute approximate surface area is 83.0 Å². The Morgan fingerprint density at radius 1 is 1.43 bits per heavy atom. The van der Waals surface area contributed by atoms with E-state index in [9.17, 15) is 4.79 Å². The Kier molecular flexibility index (Phi) is 1.80. The van der Waals surface area contributed by atoms with Crippen molar-refractivity contribution in [3.05, 3.63) is 23.8 Å². The number of carbonyl (C=O) groups excluding carboxylic acids is 1. The van der Waals surface area contributed by atoms with Gasteiger partial charge in [0.05, 0.1) is 6.54 Å². The molecule has 2 heterocycles. The summed E-state index contributed by atoms with van der Waals surface area (Å²) >= 11 is 0. The first-order valence-electron chi connectivity index (χ1n) is 4.61. The molecule has 0 aliphatic carbocycles. The number of carbonyl (C=O) groups is 1. The smallest absolute Gasteiger partial charge is 0.273 e. The highest BCUT2D eigenvalue weighted by molar-refractivity contribution is 5.96. The number of hydrogen-bond donors (Lipinski definition) is 0. The van der Waals surface area contributed by atoms with E-state index in [1.54, 1.807) is 6.20 Å². The molecule has 1 aromatic rings. The van der Waals surface area contributed by atoms with Crippen LogP contribution in [0.25, 0.3) is 0 Å². The van der Waals surface area contributed by atoms with Gasteiger partial charge in [0.15, 0.2) is 0 Å². The lowest BCUT2D eigenvalue weighted by Gasteiger charge is -2.31. The highest BCUT2D eigenvalue weighted by Gasteiger charge is 2.35. The van der Waals surface area contributed by atoms with Gasteiger partial charge in [0.25, 0.3) is 5.91 Å². The maximum Gasteiger partial charge on any atom is 0.273 e. The first-order valence-corrected chi connectivity index (χ1v) is 4.61. The van der Waals surface area contributed by atoms with E-state index in [0.29, 0.717) is 12.2 Å². The van der Waals surface area contributed by atoms with E-state index >= 15 is 0 Å². The van der Waals surface area contributed by atoms with Crippen LogP contribution in [0.1, 0.15) is 36.8 Å². The fraction of sp³-hybridized carbons (Fsp3) is 0.500. The fourth-order valence-corrected chi connectivity index (χ4v) is 1.58. The molecule has 4 heteroatoms. The van der Waals surface area contributed by atoms with E-state index in [2.05, 4.69) is 9.97 Å². The monoisotopic (exact) mass is 191 g/mol. The second-order valence-corrected chi connectivity index (χ2v) is 4.46. The summed E-state index contributed by atoms with van der Waals surface area (Å²) in [7, 11) is 0. The van der Waals surface area contributed by atoms with Crippen LogP contribution < -0.4 is 0 Å². The molecule has 0 radical (unpaired) electrons. The quantitative estimate of drug-likeness (QED) is 0.619. The largest absolute Gasteiger partial charge is 0.328 e. The number of nitrogens with zero attached hydrogens (tertiary/aromatic N) is 3. The molecule has 74 valence electrons. The summed E-state index contributed by atoms with van der Waals surface area (Å²) in [6.07, 6.45) is 3.13. The van der Waals surface area contributed by atoms with E-state index in [4.69, 9.17) is 0 Å². The van der Waals surface area contributed by atoms with Crippen LogP contribution in [0, 0.1) is 0 Å². The predicted octanol–water partition coefficient (Wildman–Crippen LogP) is 1.23. The molecule has 14 heavy (non-hydrogen) atoms. The lowest BCUT2D eigenvalue weighted by atomic mass is 10.1. The average molecular weight is 191 g/mol. The van der Waals surface area contributed by atoms with Gasteiger partial charge in [-0.1, -0.05) is 0 Å². The highest BCUT2D eigenvalue weighted by atomic mass is 16.2. The van der Waals surface area contributed by atoms with Crippen LogP contribution in [0.3, 0.4) is 0 Å². The zero-order valence-electron chi connectivity index (χ0n) is 8.61. The third kappa shape index (κ3) is 1.27. The van der Waals surface area contributed by atoms with Crippen molar-refractivity contribution < 1.29 is 4.79 Å². The molecule has 0 unspecified atom stereocenters. The summed E-state index contributed by atoms with van der Waals surface area (Å²) in [6.45, 7) is 6.68. The van der Waals surface area contributed by atoms with Gasteiger partial charge < -0.3 is 4.90 Å². The van der Waals surface area contributed by atoms with Crippen molar-refractivity contribution in [3.8, 4) is 0 Å². The topological polar surface area (TPSA) is 46.1 Å². The van der Waals surface area contributed by atoms with Crippen LogP contribution in [0.15, 0.2) is 12.5 Å². The van der Waals surface area contributed by atoms with Crippen molar-refractivity contribution in [3.63, 3.8) is 0 Å². The van der Waals surface area contributed by atoms with Gasteiger partial charge in [0, 0.05) is 17.3 Å². The van der Waals surface area contributed by atoms with Gasteiger partial charge in [-0.05, 0) is 20.8 Å². The van der Waals surface area contributed by atoms with Crippen molar-refractivity contribution in [1.82, 2.24) is 14.9 Å².